The summed E-state index contributed by atoms with van der Waals surface area (Å²) in [6.07, 6.45) is 1.95. The normalized spacial score (nSPS) is 16.5. The number of hydrogen-bond acceptors (Lipinski definition) is 9. The van der Waals surface area contributed by atoms with Crippen molar-refractivity contribution in [3.05, 3.63) is 59.1 Å². The fourth-order valence-electron chi connectivity index (χ4n) is 3.60. The van der Waals surface area contributed by atoms with E-state index >= 15 is 0 Å². The maximum atomic E-state index is 11.6. The third-order valence-electron chi connectivity index (χ3n) is 5.22. The molecule has 0 bridgehead atoms. The van der Waals surface area contributed by atoms with E-state index in [1.54, 1.807) is 11.3 Å². The minimum atomic E-state index is -0.428. The molecule has 0 aliphatic carbocycles. The van der Waals surface area contributed by atoms with Crippen LogP contribution in [0.25, 0.3) is 10.2 Å². The molecule has 0 saturated carbocycles. The zero-order chi connectivity index (χ0) is 21.6. The van der Waals surface area contributed by atoms with E-state index in [1.165, 1.54) is 11.8 Å². The largest absolute Gasteiger partial charge is 0.363 e. The number of hydrazine groups is 1. The van der Waals surface area contributed by atoms with Gasteiger partial charge in [0, 0.05) is 18.0 Å². The molecule has 4 rings (SSSR count). The number of nitrogens with zero attached hydrogens (tertiary/aromatic N) is 2. The van der Waals surface area contributed by atoms with E-state index < -0.39 is 5.97 Å². The van der Waals surface area contributed by atoms with E-state index in [4.69, 9.17) is 15.6 Å². The molecule has 9 heteroatoms. The average Bonchev–Trinajstić information content (AvgIpc) is 3.21. The number of thioether (sulfide) groups is 1. The maximum Gasteiger partial charge on any atom is 0.336 e. The average molecular weight is 459 g/mol. The number of nitrogens with two attached hydrogens (primary N) is 1. The van der Waals surface area contributed by atoms with Crippen LogP contribution >= 0.6 is 23.1 Å². The van der Waals surface area contributed by atoms with Gasteiger partial charge in [-0.3, -0.25) is 0 Å². The Bertz CT molecular complexity index is 988. The van der Waals surface area contributed by atoms with Gasteiger partial charge in [0.1, 0.15) is 11.1 Å². The Morgan fingerprint density at radius 2 is 2.10 bits per heavy atom. The highest BCUT2D eigenvalue weighted by molar-refractivity contribution is 8.00. The number of aromatic nitrogens is 1. The van der Waals surface area contributed by atoms with Gasteiger partial charge in [0.2, 0.25) is 0 Å². The molecule has 1 saturated heterocycles. The van der Waals surface area contributed by atoms with Crippen molar-refractivity contribution in [2.45, 2.75) is 29.9 Å². The lowest BCUT2D eigenvalue weighted by atomic mass is 10.1. The number of rotatable bonds is 8. The molecule has 1 aliphatic heterocycles. The van der Waals surface area contributed by atoms with Crippen molar-refractivity contribution in [2.24, 2.45) is 5.84 Å². The molecule has 1 atom stereocenters. The van der Waals surface area contributed by atoms with Crippen molar-refractivity contribution < 1.29 is 14.4 Å². The van der Waals surface area contributed by atoms with Crippen LogP contribution in [0.15, 0.2) is 53.4 Å². The monoisotopic (exact) mass is 458 g/mol. The summed E-state index contributed by atoms with van der Waals surface area (Å²) in [6, 6.07) is 16.3. The maximum absolute atomic E-state index is 11.6. The van der Waals surface area contributed by atoms with Crippen LogP contribution in [0.2, 0.25) is 0 Å². The number of likely N-dealkylation sites (tertiary alicyclic amines) is 1. The topological polar surface area (TPSA) is 89.7 Å². The van der Waals surface area contributed by atoms with Crippen LogP contribution in [-0.2, 0) is 14.4 Å². The first-order chi connectivity index (χ1) is 15.1. The highest BCUT2D eigenvalue weighted by Gasteiger charge is 2.26. The molecule has 0 radical (unpaired) electrons. The van der Waals surface area contributed by atoms with Gasteiger partial charge in [-0.1, -0.05) is 29.9 Å². The Balaban J connectivity index is 1.59. The zero-order valence-electron chi connectivity index (χ0n) is 17.3. The van der Waals surface area contributed by atoms with Crippen molar-refractivity contribution in [2.75, 3.05) is 25.9 Å². The number of hydrogen-bond donors (Lipinski definition) is 2. The van der Waals surface area contributed by atoms with Crippen LogP contribution in [-0.4, -0.2) is 47.8 Å². The van der Waals surface area contributed by atoms with Crippen molar-refractivity contribution in [3.63, 3.8) is 0 Å². The minimum Gasteiger partial charge on any atom is -0.363 e. The van der Waals surface area contributed by atoms with Crippen LogP contribution < -0.4 is 11.4 Å². The first kappa shape index (κ1) is 22.2. The molecule has 31 heavy (non-hydrogen) atoms. The standard InChI is InChI=1S/C22H26N4O3S2/c1-26-11-9-16(10-12-26)28-21(22-24-18-7-2-3-8-19(18)31-22)15-5-4-6-17(13-15)30-14-20(27)29-25-23/h2-8,13,16,21,25H,9-12,14,23H2,1H3. The van der Waals surface area contributed by atoms with Gasteiger partial charge in [0.25, 0.3) is 0 Å². The van der Waals surface area contributed by atoms with Gasteiger partial charge in [-0.05, 0) is 49.7 Å². The summed E-state index contributed by atoms with van der Waals surface area (Å²) in [4.78, 5) is 24.4. The number of carbonyl (C=O) groups is 1. The van der Waals surface area contributed by atoms with Crippen LogP contribution in [0.3, 0.4) is 0 Å². The molecule has 2 heterocycles. The summed E-state index contributed by atoms with van der Waals surface area (Å²) in [5.74, 6) is 4.76. The van der Waals surface area contributed by atoms with Crippen molar-refractivity contribution >= 4 is 39.3 Å². The summed E-state index contributed by atoms with van der Waals surface area (Å²) < 4.78 is 7.80. The summed E-state index contributed by atoms with van der Waals surface area (Å²) in [5.41, 5.74) is 3.95. The van der Waals surface area contributed by atoms with Gasteiger partial charge in [0.15, 0.2) is 0 Å². The van der Waals surface area contributed by atoms with E-state index in [-0.39, 0.29) is 18.0 Å². The molecule has 2 aromatic carbocycles. The number of benzene rings is 2. The molecule has 0 amide bonds. The number of carbonyl (C=O) groups excluding carboxylic acids is 1. The molecule has 164 valence electrons. The summed E-state index contributed by atoms with van der Waals surface area (Å²) in [6.45, 7) is 2.06. The second-order valence-electron chi connectivity index (χ2n) is 7.49. The molecule has 0 spiro atoms. The van der Waals surface area contributed by atoms with Gasteiger partial charge in [-0.15, -0.1) is 23.1 Å². The molecule has 3 N–H and O–H groups in total. The molecule has 1 unspecified atom stereocenters. The smallest absolute Gasteiger partial charge is 0.336 e. The number of fused-ring (bicyclic) bond motifs is 1. The Labute approximate surface area is 189 Å². The highest BCUT2D eigenvalue weighted by Crippen LogP contribution is 2.36. The van der Waals surface area contributed by atoms with E-state index in [9.17, 15) is 4.79 Å². The van der Waals surface area contributed by atoms with Crippen molar-refractivity contribution in [1.82, 2.24) is 15.5 Å². The predicted molar refractivity (Wildman–Crippen MR) is 124 cm³/mol. The minimum absolute atomic E-state index is 0.162. The molecule has 1 fully saturated rings. The molecular weight excluding hydrogens is 432 g/mol. The third-order valence-corrected chi connectivity index (χ3v) is 7.27. The number of ether oxygens (including phenoxy) is 1. The van der Waals surface area contributed by atoms with Gasteiger partial charge < -0.3 is 14.5 Å². The van der Waals surface area contributed by atoms with Gasteiger partial charge in [0.05, 0.1) is 22.1 Å². The lowest BCUT2D eigenvalue weighted by molar-refractivity contribution is -0.147. The van der Waals surface area contributed by atoms with Gasteiger partial charge in [-0.25, -0.2) is 15.6 Å². The number of para-hydroxylation sites is 1. The summed E-state index contributed by atoms with van der Waals surface area (Å²) in [5, 5.41) is 0.953. The first-order valence-electron chi connectivity index (χ1n) is 10.2. The van der Waals surface area contributed by atoms with Crippen LogP contribution in [0.1, 0.15) is 29.5 Å². The molecular formula is C22H26N4O3S2. The fourth-order valence-corrected chi connectivity index (χ4v) is 5.37. The Kier molecular flexibility index (Phi) is 7.54. The number of nitrogens with one attached hydrogen (secondary N) is 1. The van der Waals surface area contributed by atoms with E-state index in [2.05, 4.69) is 35.0 Å². The summed E-state index contributed by atoms with van der Waals surface area (Å²) in [7, 11) is 2.15. The number of thiazole rings is 1. The quantitative estimate of drug-likeness (QED) is 0.301. The predicted octanol–water partition coefficient (Wildman–Crippen LogP) is 3.51. The summed E-state index contributed by atoms with van der Waals surface area (Å²) >= 11 is 3.07. The third kappa shape index (κ3) is 5.82. The van der Waals surface area contributed by atoms with E-state index in [0.717, 1.165) is 51.6 Å². The van der Waals surface area contributed by atoms with Gasteiger partial charge >= 0.3 is 5.97 Å². The first-order valence-corrected chi connectivity index (χ1v) is 12.0. The lowest BCUT2D eigenvalue weighted by Crippen LogP contribution is -2.35. The second kappa shape index (κ2) is 10.5. The Morgan fingerprint density at radius 1 is 1.29 bits per heavy atom. The second-order valence-corrected chi connectivity index (χ2v) is 9.60. The van der Waals surface area contributed by atoms with Crippen molar-refractivity contribution in [1.29, 1.82) is 0 Å². The fraction of sp³-hybridized carbons (Fsp3) is 0.364. The van der Waals surface area contributed by atoms with Crippen LogP contribution in [0.4, 0.5) is 0 Å². The van der Waals surface area contributed by atoms with Crippen LogP contribution in [0.5, 0.6) is 0 Å². The van der Waals surface area contributed by atoms with Crippen LogP contribution in [0, 0.1) is 0 Å². The van der Waals surface area contributed by atoms with Crippen molar-refractivity contribution in [3.8, 4) is 0 Å². The number of piperidine rings is 1. The molecule has 7 nitrogen and oxygen atoms in total. The zero-order valence-corrected chi connectivity index (χ0v) is 19.0. The highest BCUT2D eigenvalue weighted by atomic mass is 32.2. The molecule has 1 aliphatic rings. The Morgan fingerprint density at radius 3 is 2.87 bits per heavy atom. The van der Waals surface area contributed by atoms with E-state index in [0.29, 0.717) is 0 Å². The Hall–Kier alpha value is -2.01. The lowest BCUT2D eigenvalue weighted by Gasteiger charge is -2.31. The van der Waals surface area contributed by atoms with E-state index in [1.807, 2.05) is 35.9 Å². The molecule has 1 aromatic heterocycles. The molecule has 3 aromatic rings. The van der Waals surface area contributed by atoms with Gasteiger partial charge in [-0.2, -0.15) is 0 Å². The SMILES string of the molecule is CN1CCC(OC(c2cccc(SCC(=O)ONN)c2)c2nc3ccccc3s2)CC1.